The van der Waals surface area contributed by atoms with Gasteiger partial charge in [0.25, 0.3) is 0 Å². The van der Waals surface area contributed by atoms with Crippen molar-refractivity contribution in [3.8, 4) is 0 Å². The van der Waals surface area contributed by atoms with E-state index in [0.717, 1.165) is 18.5 Å². The van der Waals surface area contributed by atoms with E-state index in [2.05, 4.69) is 10.2 Å². The van der Waals surface area contributed by atoms with E-state index in [1.54, 1.807) is 6.20 Å². The Balaban J connectivity index is 1.97. The van der Waals surface area contributed by atoms with Crippen molar-refractivity contribution in [2.24, 2.45) is 19.8 Å². The minimum Gasteiger partial charge on any atom is -0.323 e. The van der Waals surface area contributed by atoms with E-state index in [-0.39, 0.29) is 6.04 Å². The van der Waals surface area contributed by atoms with Crippen LogP contribution in [0.4, 0.5) is 0 Å². The molecule has 0 spiro atoms. The van der Waals surface area contributed by atoms with Gasteiger partial charge in [-0.2, -0.15) is 10.2 Å². The van der Waals surface area contributed by atoms with Crippen molar-refractivity contribution >= 4 is 0 Å². The molecule has 0 fully saturated rings. The monoisotopic (exact) mass is 219 g/mol. The molecule has 2 rings (SSSR count). The fourth-order valence-electron chi connectivity index (χ4n) is 1.85. The summed E-state index contributed by atoms with van der Waals surface area (Å²) in [5, 5.41) is 8.25. The average molecular weight is 219 g/mol. The molecule has 5 heteroatoms. The maximum atomic E-state index is 6.12. The van der Waals surface area contributed by atoms with Crippen LogP contribution in [0.5, 0.6) is 0 Å². The van der Waals surface area contributed by atoms with E-state index in [1.807, 2.05) is 41.8 Å². The molecular weight excluding hydrogens is 202 g/mol. The van der Waals surface area contributed by atoms with Crippen LogP contribution < -0.4 is 5.73 Å². The Hall–Kier alpha value is -1.62. The van der Waals surface area contributed by atoms with Crippen LogP contribution in [0.3, 0.4) is 0 Å². The molecule has 2 aromatic heterocycles. The van der Waals surface area contributed by atoms with E-state index in [9.17, 15) is 0 Å². The highest BCUT2D eigenvalue weighted by atomic mass is 15.3. The molecule has 0 saturated carbocycles. The summed E-state index contributed by atoms with van der Waals surface area (Å²) in [5.41, 5.74) is 8.39. The molecule has 2 aromatic rings. The first kappa shape index (κ1) is 10.9. The average Bonchev–Trinajstić information content (AvgIpc) is 2.84. The van der Waals surface area contributed by atoms with Crippen molar-refractivity contribution in [3.05, 3.63) is 35.9 Å². The van der Waals surface area contributed by atoms with E-state index in [4.69, 9.17) is 5.73 Å². The van der Waals surface area contributed by atoms with Crippen LogP contribution in [-0.4, -0.2) is 19.6 Å². The lowest BCUT2D eigenvalue weighted by atomic mass is 10.1. The summed E-state index contributed by atoms with van der Waals surface area (Å²) in [7, 11) is 3.87. The number of hydrogen-bond donors (Lipinski definition) is 1. The SMILES string of the molecule is Cn1nccc1CCC(N)c1ccnn1C. The Kier molecular flexibility index (Phi) is 3.05. The van der Waals surface area contributed by atoms with E-state index in [0.29, 0.717) is 0 Å². The van der Waals surface area contributed by atoms with Crippen molar-refractivity contribution < 1.29 is 0 Å². The molecule has 2 N–H and O–H groups in total. The Morgan fingerprint density at radius 2 is 1.88 bits per heavy atom. The predicted octanol–water partition coefficient (Wildman–Crippen LogP) is 0.786. The number of aryl methyl sites for hydroxylation is 3. The lowest BCUT2D eigenvalue weighted by molar-refractivity contribution is 0.566. The van der Waals surface area contributed by atoms with Gasteiger partial charge in [0.1, 0.15) is 0 Å². The van der Waals surface area contributed by atoms with E-state index >= 15 is 0 Å². The predicted molar refractivity (Wildman–Crippen MR) is 61.7 cm³/mol. The lowest BCUT2D eigenvalue weighted by Crippen LogP contribution is -2.16. The summed E-state index contributed by atoms with van der Waals surface area (Å²) in [5.74, 6) is 0. The second kappa shape index (κ2) is 4.49. The summed E-state index contributed by atoms with van der Waals surface area (Å²) in [4.78, 5) is 0. The molecule has 0 saturated heterocycles. The number of hydrogen-bond acceptors (Lipinski definition) is 3. The molecule has 0 amide bonds. The molecule has 0 radical (unpaired) electrons. The van der Waals surface area contributed by atoms with E-state index in [1.165, 1.54) is 5.69 Å². The molecule has 2 heterocycles. The molecule has 0 aliphatic carbocycles. The Morgan fingerprint density at radius 1 is 1.19 bits per heavy atom. The van der Waals surface area contributed by atoms with Crippen LogP contribution in [0.15, 0.2) is 24.5 Å². The highest BCUT2D eigenvalue weighted by molar-refractivity contribution is 5.07. The van der Waals surface area contributed by atoms with Gasteiger partial charge in [-0.1, -0.05) is 0 Å². The van der Waals surface area contributed by atoms with Gasteiger partial charge in [-0.3, -0.25) is 9.36 Å². The summed E-state index contributed by atoms with van der Waals surface area (Å²) >= 11 is 0. The van der Waals surface area contributed by atoms with Crippen LogP contribution in [0.2, 0.25) is 0 Å². The third-order valence-electron chi connectivity index (χ3n) is 2.87. The van der Waals surface area contributed by atoms with Gasteiger partial charge in [0, 0.05) is 38.2 Å². The number of nitrogens with two attached hydrogens (primary N) is 1. The number of nitrogens with zero attached hydrogens (tertiary/aromatic N) is 4. The molecule has 1 unspecified atom stereocenters. The summed E-state index contributed by atoms with van der Waals surface area (Å²) in [6, 6.07) is 4.02. The third-order valence-corrected chi connectivity index (χ3v) is 2.87. The van der Waals surface area contributed by atoms with Crippen LogP contribution in [0, 0.1) is 0 Å². The Labute approximate surface area is 94.9 Å². The smallest absolute Gasteiger partial charge is 0.0548 e. The topological polar surface area (TPSA) is 61.7 Å². The summed E-state index contributed by atoms with van der Waals surface area (Å²) < 4.78 is 3.71. The molecular formula is C11H17N5. The first-order chi connectivity index (χ1) is 7.68. The highest BCUT2D eigenvalue weighted by Gasteiger charge is 2.10. The normalized spacial score (nSPS) is 12.9. The fourth-order valence-corrected chi connectivity index (χ4v) is 1.85. The zero-order chi connectivity index (χ0) is 11.5. The minimum absolute atomic E-state index is 0.0300. The molecule has 16 heavy (non-hydrogen) atoms. The molecule has 0 aliphatic rings. The van der Waals surface area contributed by atoms with Crippen LogP contribution >= 0.6 is 0 Å². The van der Waals surface area contributed by atoms with Crippen molar-refractivity contribution in [2.75, 3.05) is 0 Å². The maximum Gasteiger partial charge on any atom is 0.0548 e. The van der Waals surface area contributed by atoms with Crippen molar-refractivity contribution in [1.29, 1.82) is 0 Å². The molecule has 5 nitrogen and oxygen atoms in total. The number of aromatic nitrogens is 4. The van der Waals surface area contributed by atoms with Crippen molar-refractivity contribution in [2.45, 2.75) is 18.9 Å². The van der Waals surface area contributed by atoms with Crippen LogP contribution in [-0.2, 0) is 20.5 Å². The van der Waals surface area contributed by atoms with Gasteiger partial charge < -0.3 is 5.73 Å². The first-order valence-corrected chi connectivity index (χ1v) is 5.39. The van der Waals surface area contributed by atoms with E-state index < -0.39 is 0 Å². The largest absolute Gasteiger partial charge is 0.323 e. The summed E-state index contributed by atoms with van der Waals surface area (Å²) in [6.07, 6.45) is 5.42. The van der Waals surface area contributed by atoms with Crippen LogP contribution in [0.1, 0.15) is 23.9 Å². The van der Waals surface area contributed by atoms with Gasteiger partial charge in [0.2, 0.25) is 0 Å². The zero-order valence-electron chi connectivity index (χ0n) is 9.67. The summed E-state index contributed by atoms with van der Waals surface area (Å²) in [6.45, 7) is 0. The van der Waals surface area contributed by atoms with Crippen molar-refractivity contribution in [1.82, 2.24) is 19.6 Å². The van der Waals surface area contributed by atoms with Gasteiger partial charge in [0.15, 0.2) is 0 Å². The van der Waals surface area contributed by atoms with Gasteiger partial charge in [-0.05, 0) is 25.0 Å². The molecule has 0 bridgehead atoms. The lowest BCUT2D eigenvalue weighted by Gasteiger charge is -2.11. The fraction of sp³-hybridized carbons (Fsp3) is 0.455. The van der Waals surface area contributed by atoms with Crippen LogP contribution in [0.25, 0.3) is 0 Å². The van der Waals surface area contributed by atoms with Gasteiger partial charge >= 0.3 is 0 Å². The Morgan fingerprint density at radius 3 is 2.44 bits per heavy atom. The Bertz CT molecular complexity index is 456. The number of rotatable bonds is 4. The van der Waals surface area contributed by atoms with Gasteiger partial charge in [-0.25, -0.2) is 0 Å². The van der Waals surface area contributed by atoms with Gasteiger partial charge in [-0.15, -0.1) is 0 Å². The molecule has 0 aliphatic heterocycles. The molecule has 1 atom stereocenters. The molecule has 86 valence electrons. The first-order valence-electron chi connectivity index (χ1n) is 5.39. The van der Waals surface area contributed by atoms with Gasteiger partial charge in [0.05, 0.1) is 5.69 Å². The highest BCUT2D eigenvalue weighted by Crippen LogP contribution is 2.15. The van der Waals surface area contributed by atoms with Crippen molar-refractivity contribution in [3.63, 3.8) is 0 Å². The second-order valence-corrected chi connectivity index (χ2v) is 3.97. The maximum absolute atomic E-state index is 6.12. The minimum atomic E-state index is 0.0300. The standard InChI is InChI=1S/C11H17N5/c1-15-9(5-7-13-15)3-4-10(12)11-6-8-14-16(11)2/h5-8,10H,3-4,12H2,1-2H3. The third kappa shape index (κ3) is 2.14. The second-order valence-electron chi connectivity index (χ2n) is 3.97. The quantitative estimate of drug-likeness (QED) is 0.826. The zero-order valence-corrected chi connectivity index (χ0v) is 9.67. The molecule has 0 aromatic carbocycles.